The van der Waals surface area contributed by atoms with E-state index in [1.807, 2.05) is 25.3 Å². The topological polar surface area (TPSA) is 80.9 Å². The molecular weight excluding hydrogens is 296 g/mol. The quantitative estimate of drug-likeness (QED) is 0.854. The fourth-order valence-electron chi connectivity index (χ4n) is 2.07. The van der Waals surface area contributed by atoms with Crippen molar-refractivity contribution in [3.05, 3.63) is 21.4 Å². The number of nitrogens with zero attached hydrogens (tertiary/aromatic N) is 4. The van der Waals surface area contributed by atoms with Crippen LogP contribution in [0.3, 0.4) is 0 Å². The van der Waals surface area contributed by atoms with E-state index in [1.54, 1.807) is 11.3 Å². The largest absolute Gasteiger partial charge is 0.481 e. The maximum Gasteiger partial charge on any atom is 0.313 e. The van der Waals surface area contributed by atoms with E-state index < -0.39 is 5.97 Å². The molecule has 0 saturated heterocycles. The molecule has 2 aromatic heterocycles. The molecule has 1 atom stereocenters. The van der Waals surface area contributed by atoms with Crippen LogP contribution in [0.2, 0.25) is 0 Å². The van der Waals surface area contributed by atoms with Gasteiger partial charge in [0, 0.05) is 0 Å². The molecule has 108 valence electrons. The van der Waals surface area contributed by atoms with E-state index in [0.717, 1.165) is 21.4 Å². The molecule has 0 bridgehead atoms. The fraction of sp³-hybridized carbons (Fsp3) is 0.500. The van der Waals surface area contributed by atoms with E-state index in [-0.39, 0.29) is 11.8 Å². The second-order valence-corrected chi connectivity index (χ2v) is 6.62. The van der Waals surface area contributed by atoms with Crippen LogP contribution in [-0.2, 0) is 4.79 Å². The standard InChI is InChI=1S/C12H16N4O2S2/c1-6-11(20-9(4)13-6)7(2)16-8(3)14-15-12(16)19-5-10(17)18/h7H,5H2,1-4H3,(H,17,18). The third kappa shape index (κ3) is 3.01. The molecule has 6 nitrogen and oxygen atoms in total. The highest BCUT2D eigenvalue weighted by atomic mass is 32.2. The molecule has 2 heterocycles. The first-order chi connectivity index (χ1) is 9.40. The van der Waals surface area contributed by atoms with Gasteiger partial charge >= 0.3 is 5.97 Å². The Labute approximate surface area is 125 Å². The van der Waals surface area contributed by atoms with Crippen LogP contribution < -0.4 is 0 Å². The van der Waals surface area contributed by atoms with Crippen LogP contribution in [0.25, 0.3) is 0 Å². The number of thiazole rings is 1. The van der Waals surface area contributed by atoms with E-state index in [0.29, 0.717) is 5.16 Å². The number of carboxylic acid groups (broad SMARTS) is 1. The van der Waals surface area contributed by atoms with E-state index in [2.05, 4.69) is 22.1 Å². The predicted molar refractivity (Wildman–Crippen MR) is 78.5 cm³/mol. The van der Waals surface area contributed by atoms with Gasteiger partial charge in [-0.1, -0.05) is 11.8 Å². The summed E-state index contributed by atoms with van der Waals surface area (Å²) >= 11 is 2.84. The molecule has 0 aliphatic heterocycles. The van der Waals surface area contributed by atoms with Gasteiger partial charge in [-0.05, 0) is 27.7 Å². The summed E-state index contributed by atoms with van der Waals surface area (Å²) in [6.07, 6.45) is 0. The van der Waals surface area contributed by atoms with Crippen molar-refractivity contribution >= 4 is 29.1 Å². The fourth-order valence-corrected chi connectivity index (χ4v) is 3.82. The van der Waals surface area contributed by atoms with Gasteiger partial charge in [-0.2, -0.15) is 0 Å². The Bertz CT molecular complexity index is 635. The van der Waals surface area contributed by atoms with Crippen LogP contribution in [0, 0.1) is 20.8 Å². The lowest BCUT2D eigenvalue weighted by Gasteiger charge is -2.15. The summed E-state index contributed by atoms with van der Waals surface area (Å²) in [4.78, 5) is 16.3. The summed E-state index contributed by atoms with van der Waals surface area (Å²) in [6, 6.07) is 0.0486. The molecule has 0 saturated carbocycles. The molecule has 1 N–H and O–H groups in total. The van der Waals surface area contributed by atoms with E-state index in [9.17, 15) is 4.79 Å². The zero-order chi connectivity index (χ0) is 14.9. The first-order valence-electron chi connectivity index (χ1n) is 6.10. The van der Waals surface area contributed by atoms with Crippen molar-refractivity contribution in [2.45, 2.75) is 38.9 Å². The zero-order valence-corrected chi connectivity index (χ0v) is 13.4. The SMILES string of the molecule is Cc1nc(C)c(C(C)n2c(C)nnc2SCC(=O)O)s1. The van der Waals surface area contributed by atoms with Crippen molar-refractivity contribution in [3.63, 3.8) is 0 Å². The van der Waals surface area contributed by atoms with Gasteiger partial charge in [0.15, 0.2) is 5.16 Å². The van der Waals surface area contributed by atoms with E-state index in [1.165, 1.54) is 11.8 Å². The van der Waals surface area contributed by atoms with E-state index in [4.69, 9.17) is 5.11 Å². The summed E-state index contributed by atoms with van der Waals surface area (Å²) < 4.78 is 1.97. The van der Waals surface area contributed by atoms with Gasteiger partial charge in [0.05, 0.1) is 27.4 Å². The van der Waals surface area contributed by atoms with Gasteiger partial charge in [0.25, 0.3) is 0 Å². The Kier molecular flexibility index (Phi) is 4.44. The maximum absolute atomic E-state index is 10.7. The van der Waals surface area contributed by atoms with Crippen LogP contribution in [0.15, 0.2) is 5.16 Å². The van der Waals surface area contributed by atoms with E-state index >= 15 is 0 Å². The highest BCUT2D eigenvalue weighted by Gasteiger charge is 2.21. The molecule has 20 heavy (non-hydrogen) atoms. The van der Waals surface area contributed by atoms with Crippen molar-refractivity contribution in [1.29, 1.82) is 0 Å². The Balaban J connectivity index is 2.34. The van der Waals surface area contributed by atoms with Crippen molar-refractivity contribution in [2.24, 2.45) is 0 Å². The zero-order valence-electron chi connectivity index (χ0n) is 11.7. The second-order valence-electron chi connectivity index (χ2n) is 4.44. The highest BCUT2D eigenvalue weighted by Crippen LogP contribution is 2.31. The lowest BCUT2D eigenvalue weighted by molar-refractivity contribution is -0.133. The lowest BCUT2D eigenvalue weighted by Crippen LogP contribution is -2.11. The van der Waals surface area contributed by atoms with Gasteiger partial charge in [0.1, 0.15) is 5.82 Å². The number of aliphatic carboxylic acids is 1. The van der Waals surface area contributed by atoms with Crippen LogP contribution >= 0.6 is 23.1 Å². The summed E-state index contributed by atoms with van der Waals surface area (Å²) in [6.45, 7) is 7.89. The molecule has 0 spiro atoms. The number of aryl methyl sites for hydroxylation is 3. The van der Waals surface area contributed by atoms with Gasteiger partial charge in [-0.3, -0.25) is 9.36 Å². The van der Waals surface area contributed by atoms with Crippen molar-refractivity contribution in [2.75, 3.05) is 5.75 Å². The molecule has 0 aromatic carbocycles. The third-order valence-corrected chi connectivity index (χ3v) is 5.04. The number of thioether (sulfide) groups is 1. The molecule has 0 aliphatic rings. The summed E-state index contributed by atoms with van der Waals surface area (Å²) in [7, 11) is 0. The molecular formula is C12H16N4O2S2. The first-order valence-corrected chi connectivity index (χ1v) is 7.90. The second kappa shape index (κ2) is 5.92. The Hall–Kier alpha value is -1.41. The highest BCUT2D eigenvalue weighted by molar-refractivity contribution is 7.99. The molecule has 2 aromatic rings. The average molecular weight is 312 g/mol. The van der Waals surface area contributed by atoms with Crippen molar-refractivity contribution < 1.29 is 9.90 Å². The molecule has 0 fully saturated rings. The number of carbonyl (C=O) groups is 1. The maximum atomic E-state index is 10.7. The number of hydrogen-bond donors (Lipinski definition) is 1. The minimum atomic E-state index is -0.861. The Morgan fingerprint density at radius 1 is 1.40 bits per heavy atom. The molecule has 0 radical (unpaired) electrons. The number of carboxylic acids is 1. The van der Waals surface area contributed by atoms with Crippen LogP contribution in [0.4, 0.5) is 0 Å². The molecule has 0 aliphatic carbocycles. The van der Waals surface area contributed by atoms with Crippen molar-refractivity contribution in [3.8, 4) is 0 Å². The first kappa shape index (κ1) is 15.0. The molecule has 2 rings (SSSR count). The molecule has 1 unspecified atom stereocenters. The minimum Gasteiger partial charge on any atom is -0.481 e. The molecule has 0 amide bonds. The smallest absolute Gasteiger partial charge is 0.313 e. The van der Waals surface area contributed by atoms with Crippen LogP contribution in [-0.4, -0.2) is 36.6 Å². The number of hydrogen-bond acceptors (Lipinski definition) is 6. The van der Waals surface area contributed by atoms with Gasteiger partial charge < -0.3 is 5.11 Å². The van der Waals surface area contributed by atoms with Gasteiger partial charge in [-0.25, -0.2) is 4.98 Å². The Morgan fingerprint density at radius 3 is 2.65 bits per heavy atom. The predicted octanol–water partition coefficient (Wildman–Crippen LogP) is 2.45. The number of rotatable bonds is 5. The lowest BCUT2D eigenvalue weighted by atomic mass is 10.2. The number of aromatic nitrogens is 4. The normalized spacial score (nSPS) is 12.6. The van der Waals surface area contributed by atoms with Gasteiger partial charge in [0.2, 0.25) is 0 Å². The minimum absolute atomic E-state index is 0.0223. The summed E-state index contributed by atoms with van der Waals surface area (Å²) in [5, 5.41) is 18.6. The Morgan fingerprint density at radius 2 is 2.10 bits per heavy atom. The van der Waals surface area contributed by atoms with Crippen LogP contribution in [0.5, 0.6) is 0 Å². The van der Waals surface area contributed by atoms with Crippen LogP contribution in [0.1, 0.15) is 34.4 Å². The van der Waals surface area contributed by atoms with Gasteiger partial charge in [-0.15, -0.1) is 21.5 Å². The molecule has 8 heteroatoms. The monoisotopic (exact) mass is 312 g/mol. The summed E-state index contributed by atoms with van der Waals surface area (Å²) in [5.41, 5.74) is 1.00. The average Bonchev–Trinajstić information content (AvgIpc) is 2.89. The summed E-state index contributed by atoms with van der Waals surface area (Å²) in [5.74, 6) is -0.110. The third-order valence-electron chi connectivity index (χ3n) is 2.87. The van der Waals surface area contributed by atoms with Crippen molar-refractivity contribution in [1.82, 2.24) is 19.7 Å².